The Morgan fingerprint density at radius 1 is 1.11 bits per heavy atom. The molecule has 0 saturated heterocycles. The van der Waals surface area contributed by atoms with Gasteiger partial charge in [0.15, 0.2) is 0 Å². The zero-order chi connectivity index (χ0) is 20.0. The van der Waals surface area contributed by atoms with Crippen molar-refractivity contribution in [2.45, 2.75) is 6.92 Å². The van der Waals surface area contributed by atoms with Crippen LogP contribution in [0, 0.1) is 0 Å². The summed E-state index contributed by atoms with van der Waals surface area (Å²) in [4.78, 5) is 6.41. The van der Waals surface area contributed by atoms with Gasteiger partial charge in [0.25, 0.3) is 0 Å². The topological polar surface area (TPSA) is 93.5 Å². The Labute approximate surface area is 167 Å². The second-order valence-corrected chi connectivity index (χ2v) is 8.05. The van der Waals surface area contributed by atoms with Gasteiger partial charge in [-0.15, -0.1) is 10.2 Å². The van der Waals surface area contributed by atoms with Gasteiger partial charge < -0.3 is 4.90 Å². The molecule has 1 heterocycles. The highest BCUT2D eigenvalue weighted by atomic mass is 32.3. The summed E-state index contributed by atoms with van der Waals surface area (Å²) < 4.78 is 32.5. The van der Waals surface area contributed by atoms with Gasteiger partial charge in [-0.05, 0) is 43.3 Å². The molecule has 2 aromatic carbocycles. The summed E-state index contributed by atoms with van der Waals surface area (Å²) in [6.45, 7) is 3.09. The molecule has 0 amide bonds. The van der Waals surface area contributed by atoms with Crippen molar-refractivity contribution < 1.29 is 16.8 Å². The van der Waals surface area contributed by atoms with E-state index in [0.29, 0.717) is 23.9 Å². The molecule has 0 aliphatic rings. The molecule has 0 N–H and O–H groups in total. The van der Waals surface area contributed by atoms with Crippen molar-refractivity contribution in [2.24, 2.45) is 10.2 Å². The SMILES string of the molecule is CCN(CCOS(=O)(=O)OC)c1ccc(N=Nc2nc3ccccc3s2)cc1. The Balaban J connectivity index is 1.62. The molecule has 8 nitrogen and oxygen atoms in total. The van der Waals surface area contributed by atoms with Crippen LogP contribution in [-0.2, 0) is 18.8 Å². The lowest BCUT2D eigenvalue weighted by molar-refractivity contribution is 0.248. The lowest BCUT2D eigenvalue weighted by Crippen LogP contribution is -2.28. The maximum absolute atomic E-state index is 11.2. The largest absolute Gasteiger partial charge is 0.399 e. The van der Waals surface area contributed by atoms with Crippen molar-refractivity contribution in [1.82, 2.24) is 4.98 Å². The number of hydrogen-bond donors (Lipinski definition) is 0. The number of anilines is 1. The molecule has 148 valence electrons. The zero-order valence-electron chi connectivity index (χ0n) is 15.5. The maximum atomic E-state index is 11.2. The van der Waals surface area contributed by atoms with E-state index < -0.39 is 10.4 Å². The van der Waals surface area contributed by atoms with Gasteiger partial charge in [-0.3, -0.25) is 4.18 Å². The number of aromatic nitrogens is 1. The fourth-order valence-corrected chi connectivity index (χ4v) is 3.66. The fraction of sp³-hybridized carbons (Fsp3) is 0.278. The van der Waals surface area contributed by atoms with Gasteiger partial charge in [-0.2, -0.15) is 8.42 Å². The lowest BCUT2D eigenvalue weighted by Gasteiger charge is -2.22. The van der Waals surface area contributed by atoms with Gasteiger partial charge in [0.2, 0.25) is 5.13 Å². The smallest absolute Gasteiger partial charge is 0.369 e. The average molecular weight is 421 g/mol. The summed E-state index contributed by atoms with van der Waals surface area (Å²) in [5.74, 6) is 0. The minimum Gasteiger partial charge on any atom is -0.369 e. The summed E-state index contributed by atoms with van der Waals surface area (Å²) in [5, 5.41) is 9.06. The number of likely N-dealkylation sites (N-methyl/N-ethyl adjacent to an activating group) is 1. The zero-order valence-corrected chi connectivity index (χ0v) is 17.1. The second-order valence-electron chi connectivity index (χ2n) is 5.66. The number of azo groups is 1. The number of rotatable bonds is 9. The first-order valence-corrected chi connectivity index (χ1v) is 10.7. The standard InChI is InChI=1S/C18H20N4O4S2/c1-3-22(12-13-26-28(23,24)25-2)15-10-8-14(9-11-15)20-21-18-19-16-6-4-5-7-17(16)27-18/h4-11H,3,12-13H2,1-2H3. The van der Waals surface area contributed by atoms with E-state index in [-0.39, 0.29) is 6.61 Å². The van der Waals surface area contributed by atoms with Crippen LogP contribution in [0.3, 0.4) is 0 Å². The van der Waals surface area contributed by atoms with Crippen LogP contribution >= 0.6 is 11.3 Å². The van der Waals surface area contributed by atoms with Crippen molar-refractivity contribution in [3.8, 4) is 0 Å². The van der Waals surface area contributed by atoms with Crippen molar-refractivity contribution >= 4 is 48.5 Å². The highest BCUT2D eigenvalue weighted by molar-refractivity contribution is 7.81. The third-order valence-corrected chi connectivity index (χ3v) is 5.71. The van der Waals surface area contributed by atoms with E-state index >= 15 is 0 Å². The quantitative estimate of drug-likeness (QED) is 0.475. The number of benzene rings is 2. The van der Waals surface area contributed by atoms with E-state index in [1.54, 1.807) is 0 Å². The normalized spacial score (nSPS) is 12.1. The third kappa shape index (κ3) is 5.32. The van der Waals surface area contributed by atoms with Crippen molar-refractivity contribution in [3.05, 3.63) is 48.5 Å². The Morgan fingerprint density at radius 2 is 1.86 bits per heavy atom. The highest BCUT2D eigenvalue weighted by Crippen LogP contribution is 2.29. The van der Waals surface area contributed by atoms with Crippen molar-refractivity contribution in [2.75, 3.05) is 31.7 Å². The van der Waals surface area contributed by atoms with Crippen LogP contribution in [-0.4, -0.2) is 40.2 Å². The first kappa shape index (κ1) is 20.3. The predicted molar refractivity (Wildman–Crippen MR) is 110 cm³/mol. The molecule has 0 unspecified atom stereocenters. The number of nitrogens with zero attached hydrogens (tertiary/aromatic N) is 4. The lowest BCUT2D eigenvalue weighted by atomic mass is 10.2. The molecule has 0 atom stereocenters. The molecular formula is C18H20N4O4S2. The summed E-state index contributed by atoms with van der Waals surface area (Å²) in [6.07, 6.45) is 0. The van der Waals surface area contributed by atoms with Gasteiger partial charge in [0, 0.05) is 18.8 Å². The summed E-state index contributed by atoms with van der Waals surface area (Å²) in [6, 6.07) is 15.4. The predicted octanol–water partition coefficient (Wildman–Crippen LogP) is 4.45. The first-order valence-electron chi connectivity index (χ1n) is 8.58. The molecule has 3 aromatic rings. The molecule has 0 fully saturated rings. The van der Waals surface area contributed by atoms with Gasteiger partial charge >= 0.3 is 10.4 Å². The van der Waals surface area contributed by atoms with Crippen molar-refractivity contribution in [3.63, 3.8) is 0 Å². The summed E-state index contributed by atoms with van der Waals surface area (Å²) in [7, 11) is -2.85. The Morgan fingerprint density at radius 3 is 2.54 bits per heavy atom. The second kappa shape index (κ2) is 9.20. The molecule has 0 saturated carbocycles. The Kier molecular flexibility index (Phi) is 6.68. The molecule has 28 heavy (non-hydrogen) atoms. The number of fused-ring (bicyclic) bond motifs is 1. The molecule has 0 spiro atoms. The minimum atomic E-state index is -3.91. The molecule has 10 heteroatoms. The minimum absolute atomic E-state index is 0.00306. The van der Waals surface area contributed by atoms with E-state index in [4.69, 9.17) is 4.18 Å². The van der Waals surface area contributed by atoms with E-state index in [1.165, 1.54) is 11.3 Å². The van der Waals surface area contributed by atoms with Crippen LogP contribution in [0.25, 0.3) is 10.2 Å². The molecule has 0 bridgehead atoms. The van der Waals surface area contributed by atoms with Crippen LogP contribution in [0.15, 0.2) is 58.8 Å². The van der Waals surface area contributed by atoms with Gasteiger partial charge in [-0.25, -0.2) is 9.17 Å². The average Bonchev–Trinajstić information content (AvgIpc) is 3.13. The van der Waals surface area contributed by atoms with Crippen molar-refractivity contribution in [1.29, 1.82) is 0 Å². The van der Waals surface area contributed by atoms with Crippen LogP contribution in [0.4, 0.5) is 16.5 Å². The fourth-order valence-electron chi connectivity index (χ4n) is 2.50. The van der Waals surface area contributed by atoms with E-state index in [0.717, 1.165) is 23.0 Å². The van der Waals surface area contributed by atoms with E-state index in [9.17, 15) is 8.42 Å². The number of thiazole rings is 1. The van der Waals surface area contributed by atoms with Crippen LogP contribution < -0.4 is 4.90 Å². The number of hydrogen-bond acceptors (Lipinski definition) is 9. The summed E-state index contributed by atoms with van der Waals surface area (Å²) >= 11 is 1.49. The Bertz CT molecular complexity index is 1020. The van der Waals surface area contributed by atoms with Crippen LogP contribution in [0.5, 0.6) is 0 Å². The van der Waals surface area contributed by atoms with Gasteiger partial charge in [-0.1, -0.05) is 23.5 Å². The monoisotopic (exact) mass is 420 g/mol. The molecular weight excluding hydrogens is 400 g/mol. The number of para-hydroxylation sites is 1. The van der Waals surface area contributed by atoms with Gasteiger partial charge in [0.1, 0.15) is 0 Å². The molecule has 1 aromatic heterocycles. The molecule has 0 aliphatic heterocycles. The van der Waals surface area contributed by atoms with Gasteiger partial charge in [0.05, 0.1) is 29.6 Å². The van der Waals surface area contributed by atoms with Crippen LogP contribution in [0.2, 0.25) is 0 Å². The molecule has 0 radical (unpaired) electrons. The molecule has 0 aliphatic carbocycles. The van der Waals surface area contributed by atoms with E-state index in [2.05, 4.69) is 19.4 Å². The van der Waals surface area contributed by atoms with E-state index in [1.807, 2.05) is 60.4 Å². The van der Waals surface area contributed by atoms with Crippen LogP contribution in [0.1, 0.15) is 6.92 Å². The maximum Gasteiger partial charge on any atom is 0.399 e. The highest BCUT2D eigenvalue weighted by Gasteiger charge is 2.11. The Hall–Kier alpha value is -2.40. The third-order valence-electron chi connectivity index (χ3n) is 3.92. The molecule has 3 rings (SSSR count). The first-order chi connectivity index (χ1) is 13.5. The summed E-state index contributed by atoms with van der Waals surface area (Å²) in [5.41, 5.74) is 2.55.